The van der Waals surface area contributed by atoms with Gasteiger partial charge >= 0.3 is 6.09 Å². The summed E-state index contributed by atoms with van der Waals surface area (Å²) in [5, 5.41) is 13.5. The van der Waals surface area contributed by atoms with Crippen LogP contribution in [-0.2, 0) is 0 Å². The number of nitrogens with one attached hydrogen (secondary N) is 1. The van der Waals surface area contributed by atoms with Crippen molar-refractivity contribution in [1.29, 1.82) is 0 Å². The molecule has 0 radical (unpaired) electrons. The lowest BCUT2D eigenvalue weighted by Crippen LogP contribution is -2.17. The normalized spacial score (nSPS) is 10.1. The number of hydrogen-bond acceptors (Lipinski definition) is 4. The summed E-state index contributed by atoms with van der Waals surface area (Å²) >= 11 is 17.5. The van der Waals surface area contributed by atoms with E-state index < -0.39 is 11.0 Å². The van der Waals surface area contributed by atoms with Crippen LogP contribution >= 0.6 is 34.8 Å². The first-order chi connectivity index (χ1) is 10.4. The predicted octanol–water partition coefficient (Wildman–Crippen LogP) is 5.17. The van der Waals surface area contributed by atoms with Crippen LogP contribution in [-0.4, -0.2) is 11.0 Å². The van der Waals surface area contributed by atoms with Gasteiger partial charge in [-0.25, -0.2) is 4.79 Å². The maximum absolute atomic E-state index is 11.8. The summed E-state index contributed by atoms with van der Waals surface area (Å²) in [6.07, 6.45) is -0.847. The standard InChI is InChI=1S/C13H7Cl3N2O4/c14-7-1-4-12(10(16)5-7)22-13(19)17-11-3-2-8(18(20)21)6-9(11)15/h1-6H,(H,17,19). The molecule has 2 rings (SSSR count). The molecule has 9 heteroatoms. The lowest BCUT2D eigenvalue weighted by molar-refractivity contribution is -0.384. The lowest BCUT2D eigenvalue weighted by atomic mass is 10.3. The number of benzene rings is 2. The highest BCUT2D eigenvalue weighted by Gasteiger charge is 2.13. The fraction of sp³-hybridized carbons (Fsp3) is 0. The van der Waals surface area contributed by atoms with Crippen molar-refractivity contribution >= 4 is 52.3 Å². The second-order valence-electron chi connectivity index (χ2n) is 4.01. The van der Waals surface area contributed by atoms with Crippen molar-refractivity contribution in [2.24, 2.45) is 0 Å². The minimum absolute atomic E-state index is 0.00773. The Morgan fingerprint density at radius 3 is 2.41 bits per heavy atom. The van der Waals surface area contributed by atoms with Crippen molar-refractivity contribution in [3.63, 3.8) is 0 Å². The molecule has 0 atom stereocenters. The van der Waals surface area contributed by atoms with Gasteiger partial charge in [0.1, 0.15) is 0 Å². The van der Waals surface area contributed by atoms with Gasteiger partial charge in [0.25, 0.3) is 5.69 Å². The molecule has 0 bridgehead atoms. The van der Waals surface area contributed by atoms with Gasteiger partial charge in [-0.3, -0.25) is 15.4 Å². The van der Waals surface area contributed by atoms with E-state index in [0.717, 1.165) is 6.07 Å². The average Bonchev–Trinajstić information content (AvgIpc) is 2.44. The molecule has 6 nitrogen and oxygen atoms in total. The number of anilines is 1. The van der Waals surface area contributed by atoms with Gasteiger partial charge < -0.3 is 4.74 Å². The Labute approximate surface area is 139 Å². The van der Waals surface area contributed by atoms with E-state index in [4.69, 9.17) is 39.5 Å². The van der Waals surface area contributed by atoms with Crippen LogP contribution in [0.15, 0.2) is 36.4 Å². The van der Waals surface area contributed by atoms with Crippen LogP contribution in [0, 0.1) is 10.1 Å². The summed E-state index contributed by atoms with van der Waals surface area (Å²) < 4.78 is 5.00. The van der Waals surface area contributed by atoms with Crippen LogP contribution in [0.5, 0.6) is 5.75 Å². The van der Waals surface area contributed by atoms with Crippen molar-refractivity contribution in [1.82, 2.24) is 0 Å². The Hall–Kier alpha value is -2.02. The van der Waals surface area contributed by atoms with E-state index in [1.807, 2.05) is 0 Å². The van der Waals surface area contributed by atoms with Crippen LogP contribution in [0.3, 0.4) is 0 Å². The predicted molar refractivity (Wildman–Crippen MR) is 84.2 cm³/mol. The van der Waals surface area contributed by atoms with E-state index >= 15 is 0 Å². The van der Waals surface area contributed by atoms with E-state index in [-0.39, 0.29) is 27.2 Å². The van der Waals surface area contributed by atoms with Crippen molar-refractivity contribution in [2.45, 2.75) is 0 Å². The molecule has 2 aromatic rings. The second kappa shape index (κ2) is 6.83. The summed E-state index contributed by atoms with van der Waals surface area (Å²) in [4.78, 5) is 21.8. The Morgan fingerprint density at radius 2 is 1.82 bits per heavy atom. The number of ether oxygens (including phenoxy) is 1. The van der Waals surface area contributed by atoms with E-state index in [1.54, 1.807) is 0 Å². The molecule has 0 spiro atoms. The molecule has 0 aliphatic rings. The molecule has 1 N–H and O–H groups in total. The van der Waals surface area contributed by atoms with Gasteiger partial charge in [-0.05, 0) is 24.3 Å². The quantitative estimate of drug-likeness (QED) is 0.604. The monoisotopic (exact) mass is 360 g/mol. The Bertz CT molecular complexity index is 752. The van der Waals surface area contributed by atoms with Crippen LogP contribution in [0.2, 0.25) is 15.1 Å². The number of rotatable bonds is 3. The molecule has 2 aromatic carbocycles. The molecule has 0 aliphatic carbocycles. The van der Waals surface area contributed by atoms with Gasteiger partial charge in [0.05, 0.1) is 20.7 Å². The smallest absolute Gasteiger partial charge is 0.409 e. The number of non-ortho nitro benzene ring substituents is 1. The van der Waals surface area contributed by atoms with Crippen LogP contribution < -0.4 is 10.1 Å². The summed E-state index contributed by atoms with van der Waals surface area (Å²) in [6, 6.07) is 7.98. The summed E-state index contributed by atoms with van der Waals surface area (Å²) in [5.74, 6) is 0.113. The maximum atomic E-state index is 11.8. The Morgan fingerprint density at radius 1 is 1.09 bits per heavy atom. The van der Waals surface area contributed by atoms with Crippen molar-refractivity contribution < 1.29 is 14.5 Å². The third-order valence-corrected chi connectivity index (χ3v) is 3.34. The Balaban J connectivity index is 2.10. The van der Waals surface area contributed by atoms with E-state index in [2.05, 4.69) is 5.32 Å². The SMILES string of the molecule is O=C(Nc1ccc([N+](=O)[O-])cc1Cl)Oc1ccc(Cl)cc1Cl. The van der Waals surface area contributed by atoms with Gasteiger partial charge in [-0.15, -0.1) is 0 Å². The zero-order valence-electron chi connectivity index (χ0n) is 10.7. The van der Waals surface area contributed by atoms with Crippen molar-refractivity contribution in [3.05, 3.63) is 61.6 Å². The number of hydrogen-bond donors (Lipinski definition) is 1. The molecule has 0 unspecified atom stereocenters. The fourth-order valence-corrected chi connectivity index (χ4v) is 2.18. The largest absolute Gasteiger partial charge is 0.417 e. The van der Waals surface area contributed by atoms with Crippen molar-refractivity contribution in [2.75, 3.05) is 5.32 Å². The highest BCUT2D eigenvalue weighted by molar-refractivity contribution is 6.35. The number of halogens is 3. The van der Waals surface area contributed by atoms with Gasteiger partial charge in [-0.2, -0.15) is 0 Å². The average molecular weight is 362 g/mol. The summed E-state index contributed by atoms with van der Waals surface area (Å²) in [5.41, 5.74) is -0.0213. The topological polar surface area (TPSA) is 81.5 Å². The molecule has 114 valence electrons. The molecule has 0 fully saturated rings. The summed E-state index contributed by atoms with van der Waals surface area (Å²) in [6.45, 7) is 0. The van der Waals surface area contributed by atoms with Crippen LogP contribution in [0.1, 0.15) is 0 Å². The first-order valence-corrected chi connectivity index (χ1v) is 6.88. The van der Waals surface area contributed by atoms with Gasteiger partial charge in [0.2, 0.25) is 0 Å². The van der Waals surface area contributed by atoms with Gasteiger partial charge in [0, 0.05) is 17.2 Å². The molecular weight excluding hydrogens is 355 g/mol. The first kappa shape index (κ1) is 16.4. The van der Waals surface area contributed by atoms with E-state index in [0.29, 0.717) is 5.02 Å². The van der Waals surface area contributed by atoms with Crippen LogP contribution in [0.25, 0.3) is 0 Å². The van der Waals surface area contributed by atoms with Gasteiger partial charge in [0.15, 0.2) is 5.75 Å². The number of carbonyl (C=O) groups excluding carboxylic acids is 1. The molecule has 0 heterocycles. The zero-order valence-corrected chi connectivity index (χ0v) is 12.9. The summed E-state index contributed by atoms with van der Waals surface area (Å²) in [7, 11) is 0. The lowest BCUT2D eigenvalue weighted by Gasteiger charge is -2.09. The molecule has 22 heavy (non-hydrogen) atoms. The Kier molecular flexibility index (Phi) is 5.07. The fourth-order valence-electron chi connectivity index (χ4n) is 1.51. The number of nitro groups is 1. The third kappa shape index (κ3) is 4.00. The number of carbonyl (C=O) groups is 1. The number of nitrogens with zero attached hydrogens (tertiary/aromatic N) is 1. The molecule has 1 amide bonds. The molecule has 0 saturated heterocycles. The number of nitro benzene ring substituents is 1. The molecule has 0 aliphatic heterocycles. The number of amides is 1. The highest BCUT2D eigenvalue weighted by atomic mass is 35.5. The second-order valence-corrected chi connectivity index (χ2v) is 5.26. The minimum Gasteiger partial charge on any atom is -0.409 e. The first-order valence-electron chi connectivity index (χ1n) is 5.74. The van der Waals surface area contributed by atoms with Gasteiger partial charge in [-0.1, -0.05) is 34.8 Å². The van der Waals surface area contributed by atoms with Crippen molar-refractivity contribution in [3.8, 4) is 5.75 Å². The third-order valence-electron chi connectivity index (χ3n) is 2.50. The van der Waals surface area contributed by atoms with E-state index in [9.17, 15) is 14.9 Å². The molecule has 0 saturated carbocycles. The maximum Gasteiger partial charge on any atom is 0.417 e. The molecular formula is C13H7Cl3N2O4. The zero-order chi connectivity index (χ0) is 16.3. The highest BCUT2D eigenvalue weighted by Crippen LogP contribution is 2.29. The minimum atomic E-state index is -0.847. The van der Waals surface area contributed by atoms with Crippen LogP contribution in [0.4, 0.5) is 16.2 Å². The van der Waals surface area contributed by atoms with E-state index in [1.165, 1.54) is 30.3 Å². The molecule has 0 aromatic heterocycles.